The SMILES string of the molecule is c1ccc(C2C[C@@H]2NCC2(CCCc3ncc4ccccn34)CCC2)cc1. The van der Waals surface area contributed by atoms with Gasteiger partial charge >= 0.3 is 0 Å². The van der Waals surface area contributed by atoms with E-state index in [2.05, 4.69) is 69.4 Å². The van der Waals surface area contributed by atoms with Crippen LogP contribution in [0.25, 0.3) is 5.52 Å². The first kappa shape index (κ1) is 17.0. The van der Waals surface area contributed by atoms with Crippen LogP contribution in [0.3, 0.4) is 0 Å². The van der Waals surface area contributed by atoms with Crippen molar-refractivity contribution in [1.29, 1.82) is 0 Å². The number of aryl methyl sites for hydroxylation is 1. The first-order valence-corrected chi connectivity index (χ1v) is 10.5. The Hall–Kier alpha value is -2.13. The molecule has 2 fully saturated rings. The predicted molar refractivity (Wildman–Crippen MR) is 110 cm³/mol. The Labute approximate surface area is 161 Å². The molecule has 1 unspecified atom stereocenters. The first-order valence-electron chi connectivity index (χ1n) is 10.5. The maximum absolute atomic E-state index is 4.63. The molecule has 3 aromatic rings. The molecule has 3 heteroatoms. The Morgan fingerprint density at radius 2 is 1.93 bits per heavy atom. The van der Waals surface area contributed by atoms with Gasteiger partial charge in [0.05, 0.1) is 11.7 Å². The molecule has 0 aliphatic heterocycles. The number of imidazole rings is 1. The lowest BCUT2D eigenvalue weighted by molar-refractivity contribution is 0.113. The summed E-state index contributed by atoms with van der Waals surface area (Å²) in [4.78, 5) is 4.63. The first-order chi connectivity index (χ1) is 13.3. The summed E-state index contributed by atoms with van der Waals surface area (Å²) in [7, 11) is 0. The zero-order valence-corrected chi connectivity index (χ0v) is 16.0. The maximum Gasteiger partial charge on any atom is 0.113 e. The molecule has 3 nitrogen and oxygen atoms in total. The van der Waals surface area contributed by atoms with E-state index in [9.17, 15) is 0 Å². The summed E-state index contributed by atoms with van der Waals surface area (Å²) in [6.45, 7) is 1.20. The van der Waals surface area contributed by atoms with Crippen LogP contribution in [0.4, 0.5) is 0 Å². The molecule has 1 N–H and O–H groups in total. The number of nitrogens with zero attached hydrogens (tertiary/aromatic N) is 2. The fraction of sp³-hybridized carbons (Fsp3) is 0.458. The average Bonchev–Trinajstić information content (AvgIpc) is 3.36. The van der Waals surface area contributed by atoms with Gasteiger partial charge in [-0.05, 0) is 55.2 Å². The van der Waals surface area contributed by atoms with Crippen molar-refractivity contribution < 1.29 is 0 Å². The summed E-state index contributed by atoms with van der Waals surface area (Å²) in [5, 5.41) is 3.90. The minimum absolute atomic E-state index is 0.539. The predicted octanol–water partition coefficient (Wildman–Crippen LogP) is 4.97. The van der Waals surface area contributed by atoms with Crippen LogP contribution < -0.4 is 5.32 Å². The molecule has 2 aromatic heterocycles. The highest BCUT2D eigenvalue weighted by molar-refractivity contribution is 5.45. The zero-order valence-electron chi connectivity index (χ0n) is 16.0. The number of benzene rings is 1. The van der Waals surface area contributed by atoms with E-state index in [4.69, 9.17) is 0 Å². The molecule has 27 heavy (non-hydrogen) atoms. The quantitative estimate of drug-likeness (QED) is 0.615. The number of fused-ring (bicyclic) bond motifs is 1. The van der Waals surface area contributed by atoms with Gasteiger partial charge in [0.2, 0.25) is 0 Å². The second-order valence-corrected chi connectivity index (χ2v) is 8.62. The van der Waals surface area contributed by atoms with Crippen molar-refractivity contribution in [2.75, 3.05) is 6.54 Å². The fourth-order valence-electron chi connectivity index (χ4n) is 4.83. The van der Waals surface area contributed by atoms with Crippen LogP contribution in [0.1, 0.15) is 55.8 Å². The summed E-state index contributed by atoms with van der Waals surface area (Å²) in [5.41, 5.74) is 3.24. The number of rotatable bonds is 8. The smallest absolute Gasteiger partial charge is 0.113 e. The molecule has 2 aliphatic carbocycles. The van der Waals surface area contributed by atoms with E-state index in [1.165, 1.54) is 62.0 Å². The Balaban J connectivity index is 1.13. The van der Waals surface area contributed by atoms with Crippen LogP contribution in [-0.4, -0.2) is 22.0 Å². The second-order valence-electron chi connectivity index (χ2n) is 8.62. The molecule has 0 bridgehead atoms. The van der Waals surface area contributed by atoms with E-state index in [-0.39, 0.29) is 0 Å². The Bertz CT molecular complexity index is 894. The number of aromatic nitrogens is 2. The van der Waals surface area contributed by atoms with Crippen molar-refractivity contribution >= 4 is 5.52 Å². The lowest BCUT2D eigenvalue weighted by atomic mass is 9.66. The van der Waals surface area contributed by atoms with Gasteiger partial charge in [-0.3, -0.25) is 0 Å². The average molecular weight is 360 g/mol. The third-order valence-corrected chi connectivity index (χ3v) is 6.79. The molecule has 0 radical (unpaired) electrons. The summed E-state index contributed by atoms with van der Waals surface area (Å²) in [6, 6.07) is 18.0. The van der Waals surface area contributed by atoms with E-state index < -0.39 is 0 Å². The highest BCUT2D eigenvalue weighted by Crippen LogP contribution is 2.46. The van der Waals surface area contributed by atoms with E-state index in [1.807, 2.05) is 6.20 Å². The molecule has 0 amide bonds. The Kier molecular flexibility index (Phi) is 4.48. The van der Waals surface area contributed by atoms with Gasteiger partial charge in [-0.1, -0.05) is 42.8 Å². The summed E-state index contributed by atoms with van der Waals surface area (Å²) >= 11 is 0. The Morgan fingerprint density at radius 1 is 1.07 bits per heavy atom. The van der Waals surface area contributed by atoms with Crippen LogP contribution in [0.5, 0.6) is 0 Å². The standard InChI is InChI=1S/C24H29N3/c1-2-8-19(9-3-1)21-16-22(21)26-18-24(13-7-14-24)12-6-11-23-25-17-20-10-4-5-15-27(20)23/h1-5,8-10,15,17,21-22,26H,6-7,11-14,16,18H2/t21?,22-/m0/s1. The normalized spacial score (nSPS) is 23.3. The minimum Gasteiger partial charge on any atom is -0.313 e. The van der Waals surface area contributed by atoms with Gasteiger partial charge in [0.25, 0.3) is 0 Å². The number of hydrogen-bond acceptors (Lipinski definition) is 2. The third-order valence-electron chi connectivity index (χ3n) is 6.79. The third kappa shape index (κ3) is 3.53. The molecule has 2 heterocycles. The van der Waals surface area contributed by atoms with Crippen molar-refractivity contribution in [3.05, 3.63) is 72.3 Å². The molecular formula is C24H29N3. The topological polar surface area (TPSA) is 29.3 Å². The van der Waals surface area contributed by atoms with Crippen molar-refractivity contribution in [2.24, 2.45) is 5.41 Å². The summed E-state index contributed by atoms with van der Waals surface area (Å²) in [5.74, 6) is 1.94. The van der Waals surface area contributed by atoms with Crippen LogP contribution in [0.2, 0.25) is 0 Å². The van der Waals surface area contributed by atoms with E-state index >= 15 is 0 Å². The Morgan fingerprint density at radius 3 is 2.74 bits per heavy atom. The van der Waals surface area contributed by atoms with Crippen molar-refractivity contribution in [1.82, 2.24) is 14.7 Å². The molecular weight excluding hydrogens is 330 g/mol. The lowest BCUT2D eigenvalue weighted by Crippen LogP contribution is -2.41. The van der Waals surface area contributed by atoms with Gasteiger partial charge in [0.15, 0.2) is 0 Å². The van der Waals surface area contributed by atoms with Crippen LogP contribution in [0, 0.1) is 5.41 Å². The van der Waals surface area contributed by atoms with E-state index in [0.29, 0.717) is 11.5 Å². The van der Waals surface area contributed by atoms with Crippen LogP contribution >= 0.6 is 0 Å². The number of hydrogen-bond donors (Lipinski definition) is 1. The highest BCUT2D eigenvalue weighted by atomic mass is 15.0. The van der Waals surface area contributed by atoms with Gasteiger partial charge in [-0.2, -0.15) is 0 Å². The van der Waals surface area contributed by atoms with E-state index in [0.717, 1.165) is 12.3 Å². The number of nitrogens with one attached hydrogen (secondary N) is 1. The molecule has 0 spiro atoms. The minimum atomic E-state index is 0.539. The molecule has 140 valence electrons. The molecule has 2 aliphatic rings. The second kappa shape index (κ2) is 7.12. The summed E-state index contributed by atoms with van der Waals surface area (Å²) in [6.07, 6.45) is 13.3. The number of pyridine rings is 1. The lowest BCUT2D eigenvalue weighted by Gasteiger charge is -2.42. The van der Waals surface area contributed by atoms with Gasteiger partial charge in [0.1, 0.15) is 5.82 Å². The zero-order chi connectivity index (χ0) is 18.1. The molecule has 2 atom stereocenters. The van der Waals surface area contributed by atoms with Crippen molar-refractivity contribution in [3.8, 4) is 0 Å². The van der Waals surface area contributed by atoms with Crippen LogP contribution in [-0.2, 0) is 6.42 Å². The van der Waals surface area contributed by atoms with Crippen molar-refractivity contribution in [2.45, 2.75) is 56.9 Å². The van der Waals surface area contributed by atoms with E-state index in [1.54, 1.807) is 0 Å². The van der Waals surface area contributed by atoms with Crippen LogP contribution in [0.15, 0.2) is 60.9 Å². The van der Waals surface area contributed by atoms with Crippen molar-refractivity contribution in [3.63, 3.8) is 0 Å². The summed E-state index contributed by atoms with van der Waals surface area (Å²) < 4.78 is 2.24. The highest BCUT2D eigenvalue weighted by Gasteiger charge is 2.42. The largest absolute Gasteiger partial charge is 0.313 e. The molecule has 0 saturated heterocycles. The van der Waals surface area contributed by atoms with Gasteiger partial charge in [-0.25, -0.2) is 4.98 Å². The van der Waals surface area contributed by atoms with Gasteiger partial charge in [-0.15, -0.1) is 0 Å². The monoisotopic (exact) mass is 359 g/mol. The van der Waals surface area contributed by atoms with Gasteiger partial charge < -0.3 is 9.72 Å². The molecule has 1 aromatic carbocycles. The maximum atomic E-state index is 4.63. The molecule has 2 saturated carbocycles. The fourth-order valence-corrected chi connectivity index (χ4v) is 4.83. The van der Waals surface area contributed by atoms with Gasteiger partial charge in [0, 0.05) is 31.1 Å². The molecule has 5 rings (SSSR count).